The Kier molecular flexibility index (Phi) is 7.40. The van der Waals surface area contributed by atoms with E-state index in [1.165, 1.54) is 6.07 Å². The lowest BCUT2D eigenvalue weighted by molar-refractivity contribution is -0.107. The fourth-order valence-corrected chi connectivity index (χ4v) is 4.17. The van der Waals surface area contributed by atoms with Crippen LogP contribution in [0.3, 0.4) is 0 Å². The van der Waals surface area contributed by atoms with Crippen LogP contribution in [0.2, 0.25) is 0 Å². The summed E-state index contributed by atoms with van der Waals surface area (Å²) in [4.78, 5) is 22.7. The van der Waals surface area contributed by atoms with Crippen molar-refractivity contribution in [2.24, 2.45) is 0 Å². The van der Waals surface area contributed by atoms with Gasteiger partial charge in [-0.3, -0.25) is 9.78 Å². The van der Waals surface area contributed by atoms with Crippen LogP contribution in [0.5, 0.6) is 0 Å². The number of hydrogen-bond acceptors (Lipinski definition) is 5. The van der Waals surface area contributed by atoms with Crippen molar-refractivity contribution in [3.8, 4) is 0 Å². The summed E-state index contributed by atoms with van der Waals surface area (Å²) in [7, 11) is 0. The summed E-state index contributed by atoms with van der Waals surface area (Å²) in [6.07, 6.45) is 10.1. The second kappa shape index (κ2) is 10.8. The maximum atomic E-state index is 13.5. The zero-order chi connectivity index (χ0) is 22.2. The summed E-state index contributed by atoms with van der Waals surface area (Å²) in [6.45, 7) is 1.93. The van der Waals surface area contributed by atoms with Crippen LogP contribution in [-0.4, -0.2) is 29.5 Å². The van der Waals surface area contributed by atoms with E-state index >= 15 is 0 Å². The lowest BCUT2D eigenvalue weighted by Crippen LogP contribution is -2.30. The van der Waals surface area contributed by atoms with E-state index in [0.29, 0.717) is 25.3 Å². The number of aromatic nitrogens is 2. The highest BCUT2D eigenvalue weighted by molar-refractivity contribution is 5.84. The van der Waals surface area contributed by atoms with E-state index in [1.807, 2.05) is 24.3 Å². The van der Waals surface area contributed by atoms with E-state index in [1.54, 1.807) is 35.6 Å². The number of halogens is 1. The molecule has 32 heavy (non-hydrogen) atoms. The minimum Gasteiger partial charge on any atom is -0.368 e. The van der Waals surface area contributed by atoms with Gasteiger partial charge in [-0.05, 0) is 66.8 Å². The van der Waals surface area contributed by atoms with E-state index in [2.05, 4.69) is 20.6 Å². The number of hydrogen-bond donors (Lipinski definition) is 2. The van der Waals surface area contributed by atoms with Crippen LogP contribution in [-0.2, 0) is 17.8 Å². The molecule has 1 amide bonds. The van der Waals surface area contributed by atoms with Crippen molar-refractivity contribution in [3.63, 3.8) is 0 Å². The molecular formula is C25H28FN5O. The van der Waals surface area contributed by atoms with Crippen molar-refractivity contribution in [3.05, 3.63) is 83.6 Å². The SMILES string of the molecule is O=CN(Cc1cccnc1)c1c(C2CCCCN2)ccnc1NCCc1cccc(F)c1. The van der Waals surface area contributed by atoms with Gasteiger partial charge in [0.2, 0.25) is 6.41 Å². The van der Waals surface area contributed by atoms with Gasteiger partial charge in [0.05, 0.1) is 12.2 Å². The van der Waals surface area contributed by atoms with Crippen molar-refractivity contribution in [2.45, 2.75) is 38.3 Å². The van der Waals surface area contributed by atoms with Crippen molar-refractivity contribution < 1.29 is 9.18 Å². The van der Waals surface area contributed by atoms with Gasteiger partial charge in [-0.2, -0.15) is 0 Å². The third-order valence-corrected chi connectivity index (χ3v) is 5.73. The Labute approximate surface area is 187 Å². The summed E-state index contributed by atoms with van der Waals surface area (Å²) >= 11 is 0. The number of carbonyl (C=O) groups is 1. The first-order chi connectivity index (χ1) is 15.7. The average molecular weight is 434 g/mol. The van der Waals surface area contributed by atoms with Crippen LogP contribution < -0.4 is 15.5 Å². The second-order valence-electron chi connectivity index (χ2n) is 8.00. The first-order valence-electron chi connectivity index (χ1n) is 11.1. The quantitative estimate of drug-likeness (QED) is 0.494. The van der Waals surface area contributed by atoms with Crippen LogP contribution in [0.15, 0.2) is 61.1 Å². The summed E-state index contributed by atoms with van der Waals surface area (Å²) in [6, 6.07) is 12.6. The van der Waals surface area contributed by atoms with E-state index in [-0.39, 0.29) is 11.9 Å². The van der Waals surface area contributed by atoms with Crippen molar-refractivity contribution in [2.75, 3.05) is 23.3 Å². The van der Waals surface area contributed by atoms with Gasteiger partial charge in [-0.15, -0.1) is 0 Å². The molecule has 0 saturated carbocycles. The minimum atomic E-state index is -0.240. The third kappa shape index (κ3) is 5.48. The number of nitrogens with one attached hydrogen (secondary N) is 2. The second-order valence-corrected chi connectivity index (χ2v) is 8.00. The van der Waals surface area contributed by atoms with Crippen LogP contribution >= 0.6 is 0 Å². The smallest absolute Gasteiger partial charge is 0.214 e. The lowest BCUT2D eigenvalue weighted by Gasteiger charge is -2.30. The summed E-state index contributed by atoms with van der Waals surface area (Å²) in [5.74, 6) is 0.414. The van der Waals surface area contributed by atoms with Crippen LogP contribution in [0, 0.1) is 5.82 Å². The van der Waals surface area contributed by atoms with Crippen LogP contribution in [0.4, 0.5) is 15.9 Å². The Morgan fingerprint density at radius 3 is 2.81 bits per heavy atom. The zero-order valence-corrected chi connectivity index (χ0v) is 18.0. The lowest BCUT2D eigenvalue weighted by atomic mass is 9.96. The van der Waals surface area contributed by atoms with Gasteiger partial charge in [-0.1, -0.05) is 24.6 Å². The van der Waals surface area contributed by atoms with E-state index in [0.717, 1.165) is 54.6 Å². The number of piperidine rings is 1. The molecular weight excluding hydrogens is 405 g/mol. The normalized spacial score (nSPS) is 15.8. The Bertz CT molecular complexity index is 1020. The maximum absolute atomic E-state index is 13.5. The van der Waals surface area contributed by atoms with Gasteiger partial charge >= 0.3 is 0 Å². The summed E-state index contributed by atoms with van der Waals surface area (Å²) in [5.41, 5.74) is 3.69. The number of nitrogens with zero attached hydrogens (tertiary/aromatic N) is 3. The summed E-state index contributed by atoms with van der Waals surface area (Å²) < 4.78 is 13.5. The predicted octanol–water partition coefficient (Wildman–Crippen LogP) is 4.25. The Hall–Kier alpha value is -3.32. The van der Waals surface area contributed by atoms with Gasteiger partial charge in [0.25, 0.3) is 0 Å². The fourth-order valence-electron chi connectivity index (χ4n) is 4.17. The van der Waals surface area contributed by atoms with Gasteiger partial charge in [0, 0.05) is 31.2 Å². The Morgan fingerprint density at radius 1 is 1.16 bits per heavy atom. The molecule has 3 heterocycles. The summed E-state index contributed by atoms with van der Waals surface area (Å²) in [5, 5.41) is 6.97. The first-order valence-corrected chi connectivity index (χ1v) is 11.1. The van der Waals surface area contributed by atoms with E-state index in [9.17, 15) is 9.18 Å². The monoisotopic (exact) mass is 433 g/mol. The van der Waals surface area contributed by atoms with Crippen molar-refractivity contribution in [1.82, 2.24) is 15.3 Å². The largest absolute Gasteiger partial charge is 0.368 e. The molecule has 3 aromatic rings. The van der Waals surface area contributed by atoms with Crippen molar-refractivity contribution in [1.29, 1.82) is 0 Å². The van der Waals surface area contributed by atoms with E-state index in [4.69, 9.17) is 0 Å². The molecule has 1 aromatic carbocycles. The highest BCUT2D eigenvalue weighted by Crippen LogP contribution is 2.36. The number of pyridine rings is 2. The topological polar surface area (TPSA) is 70.2 Å². The molecule has 1 unspecified atom stereocenters. The molecule has 1 aliphatic rings. The first kappa shape index (κ1) is 21.9. The van der Waals surface area contributed by atoms with Gasteiger partial charge < -0.3 is 15.5 Å². The number of amides is 1. The number of benzene rings is 1. The van der Waals surface area contributed by atoms with Gasteiger partial charge in [0.1, 0.15) is 11.6 Å². The molecule has 1 atom stereocenters. The molecule has 2 N–H and O–H groups in total. The number of anilines is 2. The molecule has 4 rings (SSSR count). The molecule has 1 saturated heterocycles. The number of carbonyl (C=O) groups excluding carboxylic acids is 1. The minimum absolute atomic E-state index is 0.168. The van der Waals surface area contributed by atoms with Crippen LogP contribution in [0.25, 0.3) is 0 Å². The fraction of sp³-hybridized carbons (Fsp3) is 0.320. The Balaban J connectivity index is 1.61. The molecule has 0 aliphatic carbocycles. The molecule has 0 bridgehead atoms. The molecule has 0 radical (unpaired) electrons. The van der Waals surface area contributed by atoms with E-state index < -0.39 is 0 Å². The standard InChI is InChI=1S/C25H28FN5O/c26-21-7-3-5-19(15-21)9-13-29-25-24(31(18-32)17-20-6-4-11-27-16-20)22(10-14-30-25)23-8-1-2-12-28-23/h3-7,10-11,14-16,18,23,28H,1-2,8-9,12-13,17H2,(H,29,30). The molecule has 1 fully saturated rings. The Morgan fingerprint density at radius 2 is 2.06 bits per heavy atom. The van der Waals surface area contributed by atoms with Crippen molar-refractivity contribution >= 4 is 17.9 Å². The molecule has 6 nitrogen and oxygen atoms in total. The molecule has 1 aliphatic heterocycles. The predicted molar refractivity (Wildman–Crippen MR) is 124 cm³/mol. The molecule has 7 heteroatoms. The highest BCUT2D eigenvalue weighted by Gasteiger charge is 2.24. The van der Waals surface area contributed by atoms with Gasteiger partial charge in [0.15, 0.2) is 0 Å². The van der Waals surface area contributed by atoms with Gasteiger partial charge in [-0.25, -0.2) is 9.37 Å². The number of rotatable bonds is 9. The molecule has 166 valence electrons. The molecule has 2 aromatic heterocycles. The van der Waals surface area contributed by atoms with Crippen LogP contribution in [0.1, 0.15) is 42.0 Å². The molecule has 0 spiro atoms. The third-order valence-electron chi connectivity index (χ3n) is 5.73. The average Bonchev–Trinajstić information content (AvgIpc) is 2.84. The zero-order valence-electron chi connectivity index (χ0n) is 18.0. The highest BCUT2D eigenvalue weighted by atomic mass is 19.1. The maximum Gasteiger partial charge on any atom is 0.214 e.